The summed E-state index contributed by atoms with van der Waals surface area (Å²) >= 11 is 5.86. The van der Waals surface area contributed by atoms with E-state index in [0.29, 0.717) is 5.56 Å². The van der Waals surface area contributed by atoms with Crippen LogP contribution in [0.15, 0.2) is 12.1 Å². The van der Waals surface area contributed by atoms with Crippen LogP contribution < -0.4 is 10.5 Å². The zero-order valence-electron chi connectivity index (χ0n) is 9.44. The van der Waals surface area contributed by atoms with Crippen LogP contribution in [0.5, 0.6) is 5.75 Å². The van der Waals surface area contributed by atoms with Crippen molar-refractivity contribution in [2.24, 2.45) is 5.73 Å². The molecule has 0 aromatic heterocycles. The third-order valence-corrected chi connectivity index (χ3v) is 2.80. The molecule has 0 amide bonds. The highest BCUT2D eigenvalue weighted by atomic mass is 35.5. The number of halogens is 4. The highest BCUT2D eigenvalue weighted by Crippen LogP contribution is 2.39. The van der Waals surface area contributed by atoms with Gasteiger partial charge in [0.2, 0.25) is 0 Å². The van der Waals surface area contributed by atoms with Crippen LogP contribution in [0.2, 0.25) is 5.02 Å². The van der Waals surface area contributed by atoms with E-state index in [9.17, 15) is 13.2 Å². The summed E-state index contributed by atoms with van der Waals surface area (Å²) < 4.78 is 42.6. The Bertz CT molecular complexity index is 406. The van der Waals surface area contributed by atoms with Crippen molar-refractivity contribution < 1.29 is 17.9 Å². The molecule has 0 aliphatic heterocycles. The van der Waals surface area contributed by atoms with Gasteiger partial charge in [-0.1, -0.05) is 18.5 Å². The largest absolute Gasteiger partial charge is 0.496 e. The van der Waals surface area contributed by atoms with E-state index < -0.39 is 11.7 Å². The quantitative estimate of drug-likeness (QED) is 0.911. The summed E-state index contributed by atoms with van der Waals surface area (Å²) in [5, 5.41) is 0.0228. The Morgan fingerprint density at radius 3 is 2.41 bits per heavy atom. The normalized spacial score (nSPS) is 13.6. The first kappa shape index (κ1) is 14.1. The van der Waals surface area contributed by atoms with Crippen molar-refractivity contribution in [2.75, 3.05) is 13.7 Å². The lowest BCUT2D eigenvalue weighted by Gasteiger charge is -2.18. The molecular formula is C11H13ClF3NO. The maximum atomic E-state index is 12.6. The Balaban J connectivity index is 3.36. The lowest BCUT2D eigenvalue weighted by molar-refractivity contribution is -0.137. The number of rotatable bonds is 3. The molecule has 0 radical (unpaired) electrons. The molecule has 0 aliphatic carbocycles. The van der Waals surface area contributed by atoms with Crippen LogP contribution >= 0.6 is 11.6 Å². The van der Waals surface area contributed by atoms with Crippen LogP contribution in [-0.2, 0) is 6.18 Å². The third-order valence-electron chi connectivity index (χ3n) is 2.49. The number of ether oxygens (including phenoxy) is 1. The van der Waals surface area contributed by atoms with Crippen molar-refractivity contribution in [3.8, 4) is 5.75 Å². The van der Waals surface area contributed by atoms with Crippen molar-refractivity contribution in [2.45, 2.75) is 19.0 Å². The lowest BCUT2D eigenvalue weighted by atomic mass is 9.98. The van der Waals surface area contributed by atoms with Crippen molar-refractivity contribution in [3.63, 3.8) is 0 Å². The van der Waals surface area contributed by atoms with E-state index in [2.05, 4.69) is 0 Å². The van der Waals surface area contributed by atoms with Gasteiger partial charge in [0, 0.05) is 10.6 Å². The Morgan fingerprint density at radius 1 is 1.41 bits per heavy atom. The highest BCUT2D eigenvalue weighted by Gasteiger charge is 2.32. The zero-order valence-corrected chi connectivity index (χ0v) is 10.2. The maximum absolute atomic E-state index is 12.6. The Kier molecular flexibility index (Phi) is 4.27. The number of methoxy groups -OCH3 is 1. The van der Waals surface area contributed by atoms with Gasteiger partial charge in [-0.25, -0.2) is 0 Å². The second kappa shape index (κ2) is 5.14. The molecule has 1 aromatic rings. The maximum Gasteiger partial charge on any atom is 0.416 e. The molecule has 0 spiro atoms. The van der Waals surface area contributed by atoms with Crippen molar-refractivity contribution in [1.82, 2.24) is 0 Å². The molecule has 2 nitrogen and oxygen atoms in total. The molecule has 1 unspecified atom stereocenters. The molecule has 0 fully saturated rings. The second-order valence-corrected chi connectivity index (χ2v) is 4.12. The Hall–Kier alpha value is -0.940. The number of benzene rings is 1. The molecule has 96 valence electrons. The van der Waals surface area contributed by atoms with E-state index in [1.165, 1.54) is 7.11 Å². The molecule has 1 atom stereocenters. The molecule has 0 bridgehead atoms. The van der Waals surface area contributed by atoms with Gasteiger partial charge in [0.1, 0.15) is 5.75 Å². The molecule has 1 rings (SSSR count). The Labute approximate surface area is 103 Å². The number of hydrogen-bond donors (Lipinski definition) is 1. The summed E-state index contributed by atoms with van der Waals surface area (Å²) in [5.41, 5.74) is 5.16. The van der Waals surface area contributed by atoms with Crippen LogP contribution in [0.25, 0.3) is 0 Å². The summed E-state index contributed by atoms with van der Waals surface area (Å²) in [4.78, 5) is 0. The van der Waals surface area contributed by atoms with E-state index in [0.717, 1.165) is 12.1 Å². The van der Waals surface area contributed by atoms with Gasteiger partial charge in [-0.2, -0.15) is 13.2 Å². The van der Waals surface area contributed by atoms with Gasteiger partial charge in [-0.15, -0.1) is 0 Å². The molecule has 6 heteroatoms. The minimum atomic E-state index is -4.44. The number of alkyl halides is 3. The fourth-order valence-electron chi connectivity index (χ4n) is 1.52. The SMILES string of the molecule is COc1cc(C(F)(F)F)cc(Cl)c1C(C)CN. The smallest absolute Gasteiger partial charge is 0.416 e. The average Bonchev–Trinajstić information content (AvgIpc) is 2.25. The molecule has 0 heterocycles. The fraction of sp³-hybridized carbons (Fsp3) is 0.455. The molecule has 1 aromatic carbocycles. The highest BCUT2D eigenvalue weighted by molar-refractivity contribution is 6.31. The van der Waals surface area contributed by atoms with E-state index in [1.54, 1.807) is 6.92 Å². The summed E-state index contributed by atoms with van der Waals surface area (Å²) in [6.07, 6.45) is -4.44. The van der Waals surface area contributed by atoms with E-state index in [4.69, 9.17) is 22.1 Å². The monoisotopic (exact) mass is 267 g/mol. The average molecular weight is 268 g/mol. The first-order valence-corrected chi connectivity index (χ1v) is 5.33. The van der Waals surface area contributed by atoms with Gasteiger partial charge in [0.05, 0.1) is 12.7 Å². The van der Waals surface area contributed by atoms with Crippen LogP contribution in [-0.4, -0.2) is 13.7 Å². The zero-order chi connectivity index (χ0) is 13.2. The molecular weight excluding hydrogens is 255 g/mol. The predicted molar refractivity (Wildman–Crippen MR) is 60.5 cm³/mol. The topological polar surface area (TPSA) is 35.2 Å². The van der Waals surface area contributed by atoms with Crippen molar-refractivity contribution in [1.29, 1.82) is 0 Å². The summed E-state index contributed by atoms with van der Waals surface area (Å²) in [6, 6.07) is 1.83. The predicted octanol–water partition coefficient (Wildman–Crippen LogP) is 3.43. The van der Waals surface area contributed by atoms with Crippen LogP contribution in [0, 0.1) is 0 Å². The van der Waals surface area contributed by atoms with Crippen LogP contribution in [0.3, 0.4) is 0 Å². The van der Waals surface area contributed by atoms with Crippen molar-refractivity contribution in [3.05, 3.63) is 28.3 Å². The van der Waals surface area contributed by atoms with E-state index >= 15 is 0 Å². The lowest BCUT2D eigenvalue weighted by Crippen LogP contribution is -2.12. The van der Waals surface area contributed by atoms with Gasteiger partial charge in [-0.05, 0) is 24.6 Å². The van der Waals surface area contributed by atoms with E-state index in [1.807, 2.05) is 0 Å². The first-order chi connectivity index (χ1) is 7.81. The third kappa shape index (κ3) is 3.04. The van der Waals surface area contributed by atoms with Gasteiger partial charge in [-0.3, -0.25) is 0 Å². The van der Waals surface area contributed by atoms with E-state index in [-0.39, 0.29) is 23.2 Å². The molecule has 0 saturated carbocycles. The molecule has 0 saturated heterocycles. The van der Waals surface area contributed by atoms with Crippen molar-refractivity contribution >= 4 is 11.6 Å². The molecule has 0 aliphatic rings. The first-order valence-electron chi connectivity index (χ1n) is 4.96. The molecule has 2 N–H and O–H groups in total. The fourth-order valence-corrected chi connectivity index (χ4v) is 1.92. The number of nitrogens with two attached hydrogens (primary N) is 1. The second-order valence-electron chi connectivity index (χ2n) is 3.71. The van der Waals surface area contributed by atoms with Gasteiger partial charge >= 0.3 is 6.18 Å². The summed E-state index contributed by atoms with van der Waals surface area (Å²) in [5.74, 6) is -0.0532. The molecule has 17 heavy (non-hydrogen) atoms. The van der Waals surface area contributed by atoms with Crippen LogP contribution in [0.4, 0.5) is 13.2 Å². The van der Waals surface area contributed by atoms with Crippen LogP contribution in [0.1, 0.15) is 24.0 Å². The Morgan fingerprint density at radius 2 is 2.00 bits per heavy atom. The minimum absolute atomic E-state index is 0.0228. The minimum Gasteiger partial charge on any atom is -0.496 e. The standard InChI is InChI=1S/C11H13ClF3NO/c1-6(5-16)10-8(12)3-7(11(13,14)15)4-9(10)17-2/h3-4,6H,5,16H2,1-2H3. The van der Waals surface area contributed by atoms with Gasteiger partial charge < -0.3 is 10.5 Å². The van der Waals surface area contributed by atoms with Gasteiger partial charge in [0.25, 0.3) is 0 Å². The number of hydrogen-bond acceptors (Lipinski definition) is 2. The summed E-state index contributed by atoms with van der Waals surface area (Å²) in [7, 11) is 1.30. The van der Waals surface area contributed by atoms with Gasteiger partial charge in [0.15, 0.2) is 0 Å². The summed E-state index contributed by atoms with van der Waals surface area (Å²) in [6.45, 7) is 2.05.